The topological polar surface area (TPSA) is 53.3 Å². The zero-order chi connectivity index (χ0) is 18.3. The molecule has 0 bridgehead atoms. The molecule has 4 nitrogen and oxygen atoms in total. The second-order valence-electron chi connectivity index (χ2n) is 4.82. The third-order valence-corrected chi connectivity index (χ3v) is 3.24. The van der Waals surface area contributed by atoms with E-state index in [4.69, 9.17) is 13.0 Å². The third-order valence-electron chi connectivity index (χ3n) is 3.24. The molecule has 2 rings (SSSR count). The summed E-state index contributed by atoms with van der Waals surface area (Å²) in [4.78, 5) is 8.18. The number of rotatable bonds is 2. The molecule has 0 aliphatic carbocycles. The van der Waals surface area contributed by atoms with Gasteiger partial charge in [0.1, 0.15) is 5.82 Å². The number of benzene rings is 1. The van der Waals surface area contributed by atoms with Crippen molar-refractivity contribution >= 4 is 16.7 Å². The molecule has 0 amide bonds. The largest absolute Gasteiger partial charge is 0.425 e. The van der Waals surface area contributed by atoms with Gasteiger partial charge in [-0.3, -0.25) is 0 Å². The Bertz CT molecular complexity index is 868. The van der Waals surface area contributed by atoms with E-state index in [0.717, 1.165) is 0 Å². The second kappa shape index (κ2) is 5.42. The van der Waals surface area contributed by atoms with Crippen molar-refractivity contribution in [3.8, 4) is 12.3 Å². The van der Waals surface area contributed by atoms with Gasteiger partial charge in [0.05, 0.1) is 29.6 Å². The van der Waals surface area contributed by atoms with Crippen LogP contribution in [0.5, 0.6) is 0 Å². The summed E-state index contributed by atoms with van der Waals surface area (Å²) in [7, 11) is 0. The van der Waals surface area contributed by atoms with Gasteiger partial charge in [-0.2, -0.15) is 26.3 Å². The van der Waals surface area contributed by atoms with E-state index in [1.165, 1.54) is 0 Å². The van der Waals surface area contributed by atoms with Gasteiger partial charge in [-0.25, -0.2) is 9.83 Å². The maximum absolute atomic E-state index is 13.1. The van der Waals surface area contributed by atoms with E-state index in [0.29, 0.717) is 12.1 Å². The number of H-pyrrole nitrogens is 1. The fraction of sp³-hybridized carbons (Fsp3) is 0.286. The zero-order valence-electron chi connectivity index (χ0n) is 11.5. The van der Waals surface area contributed by atoms with E-state index in [1.54, 1.807) is 5.92 Å². The predicted octanol–water partition coefficient (Wildman–Crippen LogP) is 3.91. The van der Waals surface area contributed by atoms with Crippen LogP contribution in [0.4, 0.5) is 32.0 Å². The molecule has 0 aliphatic rings. The van der Waals surface area contributed by atoms with E-state index in [1.807, 2.05) is 4.98 Å². The molecule has 1 heterocycles. The first-order valence-corrected chi connectivity index (χ1v) is 6.15. The number of hydrogen-bond donors (Lipinski definition) is 2. The van der Waals surface area contributed by atoms with E-state index in [-0.39, 0.29) is 5.52 Å². The number of imidazole rings is 1. The maximum atomic E-state index is 13.1. The summed E-state index contributed by atoms with van der Waals surface area (Å²) in [5.74, 6) is 0.614. The Balaban J connectivity index is 2.73. The summed E-state index contributed by atoms with van der Waals surface area (Å²) < 4.78 is 77.9. The molecule has 0 spiro atoms. The molecule has 24 heavy (non-hydrogen) atoms. The zero-order valence-corrected chi connectivity index (χ0v) is 11.5. The van der Waals surface area contributed by atoms with Crippen LogP contribution in [0.25, 0.3) is 15.9 Å². The molecule has 0 aliphatic heterocycles. The molecule has 0 saturated carbocycles. The number of alkyl halides is 6. The van der Waals surface area contributed by atoms with Crippen molar-refractivity contribution in [2.45, 2.75) is 24.4 Å². The van der Waals surface area contributed by atoms with Crippen molar-refractivity contribution in [3.05, 3.63) is 34.9 Å². The van der Waals surface area contributed by atoms with Crippen LogP contribution < -0.4 is 0 Å². The van der Waals surface area contributed by atoms with Crippen LogP contribution in [-0.4, -0.2) is 21.3 Å². The number of hydrogen-bond acceptors (Lipinski definition) is 2. The lowest BCUT2D eigenvalue weighted by Gasteiger charge is -2.26. The van der Waals surface area contributed by atoms with Crippen molar-refractivity contribution in [2.24, 2.45) is 0 Å². The quantitative estimate of drug-likeness (QED) is 0.492. The van der Waals surface area contributed by atoms with Crippen molar-refractivity contribution in [1.29, 1.82) is 0 Å². The first-order chi connectivity index (χ1) is 10.9. The molecule has 1 aromatic carbocycles. The van der Waals surface area contributed by atoms with Crippen LogP contribution in [0.3, 0.4) is 0 Å². The monoisotopic (exact) mass is 347 g/mol. The highest BCUT2D eigenvalue weighted by atomic mass is 19.4. The average Bonchev–Trinajstić information content (AvgIpc) is 2.87. The average molecular weight is 347 g/mol. The van der Waals surface area contributed by atoms with Crippen LogP contribution in [-0.2, 0) is 11.8 Å². The summed E-state index contributed by atoms with van der Waals surface area (Å²) >= 11 is 0. The molecular weight excluding hydrogens is 340 g/mol. The summed E-state index contributed by atoms with van der Waals surface area (Å²) in [5, 5.41) is 9.83. The lowest BCUT2D eigenvalue weighted by molar-refractivity contribution is -0.267. The van der Waals surface area contributed by atoms with Crippen molar-refractivity contribution in [3.63, 3.8) is 0 Å². The van der Waals surface area contributed by atoms with Crippen LogP contribution >= 0.6 is 0 Å². The third kappa shape index (κ3) is 2.76. The van der Waals surface area contributed by atoms with Gasteiger partial charge in [0, 0.05) is 0 Å². The van der Waals surface area contributed by atoms with Crippen LogP contribution in [0.1, 0.15) is 17.8 Å². The molecule has 126 valence electrons. The normalized spacial score (nSPS) is 14.9. The van der Waals surface area contributed by atoms with E-state index in [9.17, 15) is 31.4 Å². The number of nitrogens with one attached hydrogen (secondary N) is 1. The number of aromatic nitrogens is 2. The molecule has 0 radical (unpaired) electrons. The highest BCUT2D eigenvalue weighted by Crippen LogP contribution is 2.42. The van der Waals surface area contributed by atoms with Gasteiger partial charge < -0.3 is 10.1 Å². The smallest absolute Gasteiger partial charge is 0.373 e. The van der Waals surface area contributed by atoms with Gasteiger partial charge in [0.25, 0.3) is 0 Å². The summed E-state index contributed by atoms with van der Waals surface area (Å²) in [5.41, 5.74) is -6.43. The fourth-order valence-electron chi connectivity index (χ4n) is 2.03. The first-order valence-electron chi connectivity index (χ1n) is 6.15. The molecule has 2 N–H and O–H groups in total. The standard InChI is InChI=1S/C14H7F6N3O/c1-3-4-12(24,14(18,19)20)11-22-9-5-7(13(15,16)17)8(21-2)6-10(9)23-11/h1,5-6,24H,4H2,(H,22,23). The predicted molar refractivity (Wildman–Crippen MR) is 70.8 cm³/mol. The first kappa shape index (κ1) is 17.6. The Hall–Kier alpha value is -2.72. The number of fused-ring (bicyclic) bond motifs is 1. The molecule has 0 saturated heterocycles. The van der Waals surface area contributed by atoms with Gasteiger partial charge in [0.15, 0.2) is 0 Å². The number of aromatic amines is 1. The molecule has 2 aromatic rings. The van der Waals surface area contributed by atoms with Crippen LogP contribution in [0, 0.1) is 18.9 Å². The maximum Gasteiger partial charge on any atom is 0.425 e. The number of nitrogens with zero attached hydrogens (tertiary/aromatic N) is 2. The van der Waals surface area contributed by atoms with Crippen LogP contribution in [0.15, 0.2) is 12.1 Å². The van der Waals surface area contributed by atoms with E-state index < -0.39 is 47.0 Å². The summed E-state index contributed by atoms with van der Waals surface area (Å²) in [6.45, 7) is 6.77. The number of halogens is 6. The molecule has 1 unspecified atom stereocenters. The van der Waals surface area contributed by atoms with Gasteiger partial charge in [-0.1, -0.05) is 0 Å². The van der Waals surface area contributed by atoms with Crippen molar-refractivity contribution in [2.75, 3.05) is 0 Å². The Labute approximate surface area is 130 Å². The SMILES string of the molecule is [C-]#[N+]c1cc2nc(C(O)(CC#C)C(F)(F)F)[nH]c2cc1C(F)(F)F. The number of terminal acetylenes is 1. The van der Waals surface area contributed by atoms with Crippen molar-refractivity contribution in [1.82, 2.24) is 9.97 Å². The molecule has 10 heteroatoms. The number of aliphatic hydroxyl groups is 1. The molecular formula is C14H7F6N3O. The fourth-order valence-corrected chi connectivity index (χ4v) is 2.03. The van der Waals surface area contributed by atoms with E-state index in [2.05, 4.69) is 9.83 Å². The van der Waals surface area contributed by atoms with Crippen LogP contribution in [0.2, 0.25) is 0 Å². The molecule has 0 fully saturated rings. The van der Waals surface area contributed by atoms with Gasteiger partial charge in [0.2, 0.25) is 11.3 Å². The highest BCUT2D eigenvalue weighted by Gasteiger charge is 2.56. The minimum Gasteiger partial charge on any atom is -0.373 e. The molecule has 1 atom stereocenters. The molecule has 1 aromatic heterocycles. The Kier molecular flexibility index (Phi) is 3.98. The van der Waals surface area contributed by atoms with Gasteiger partial charge in [-0.05, 0) is 12.1 Å². The Morgan fingerprint density at radius 1 is 1.25 bits per heavy atom. The highest BCUT2D eigenvalue weighted by molar-refractivity contribution is 5.82. The Morgan fingerprint density at radius 3 is 2.33 bits per heavy atom. The minimum atomic E-state index is -5.21. The van der Waals surface area contributed by atoms with E-state index >= 15 is 0 Å². The van der Waals surface area contributed by atoms with Crippen molar-refractivity contribution < 1.29 is 31.4 Å². The Morgan fingerprint density at radius 2 is 1.88 bits per heavy atom. The second-order valence-corrected chi connectivity index (χ2v) is 4.82. The van der Waals surface area contributed by atoms with Gasteiger partial charge >= 0.3 is 12.4 Å². The summed E-state index contributed by atoms with van der Waals surface area (Å²) in [6.07, 6.45) is -6.44. The van der Waals surface area contributed by atoms with Gasteiger partial charge in [-0.15, -0.1) is 12.3 Å². The minimum absolute atomic E-state index is 0.330. The summed E-state index contributed by atoms with van der Waals surface area (Å²) in [6, 6.07) is 1.16. The lowest BCUT2D eigenvalue weighted by Crippen LogP contribution is -2.43. The lowest BCUT2D eigenvalue weighted by atomic mass is 9.99.